The van der Waals surface area contributed by atoms with Gasteiger partial charge in [-0.1, -0.05) is 20.8 Å². The minimum Gasteiger partial charge on any atom is -0.308 e. The molecule has 0 spiro atoms. The number of likely N-dealkylation sites (N-methyl/N-ethyl adjacent to an activating group) is 1. The van der Waals surface area contributed by atoms with E-state index in [2.05, 4.69) is 57.2 Å². The summed E-state index contributed by atoms with van der Waals surface area (Å²) in [5.74, 6) is 0.747. The van der Waals surface area contributed by atoms with Gasteiger partial charge in [-0.05, 0) is 45.0 Å². The monoisotopic (exact) mass is 268 g/mol. The summed E-state index contributed by atoms with van der Waals surface area (Å²) >= 11 is 1.94. The first-order valence-electron chi connectivity index (χ1n) is 6.97. The van der Waals surface area contributed by atoms with Crippen LogP contribution in [0.4, 0.5) is 0 Å². The number of hydrogen-bond acceptors (Lipinski definition) is 3. The molecule has 104 valence electrons. The van der Waals surface area contributed by atoms with Gasteiger partial charge in [0.2, 0.25) is 0 Å². The van der Waals surface area contributed by atoms with E-state index in [-0.39, 0.29) is 0 Å². The van der Waals surface area contributed by atoms with Gasteiger partial charge in [0.1, 0.15) is 0 Å². The molecule has 0 aromatic carbocycles. The van der Waals surface area contributed by atoms with Crippen molar-refractivity contribution < 1.29 is 0 Å². The van der Waals surface area contributed by atoms with Crippen LogP contribution >= 0.6 is 11.3 Å². The topological polar surface area (TPSA) is 15.3 Å². The smallest absolute Gasteiger partial charge is 0.0302 e. The maximum Gasteiger partial charge on any atom is 0.0302 e. The van der Waals surface area contributed by atoms with Gasteiger partial charge in [-0.2, -0.15) is 0 Å². The van der Waals surface area contributed by atoms with E-state index in [0.717, 1.165) is 25.4 Å². The number of nitrogens with zero attached hydrogens (tertiary/aromatic N) is 1. The van der Waals surface area contributed by atoms with Gasteiger partial charge in [0.05, 0.1) is 0 Å². The Bertz CT molecular complexity index is 321. The summed E-state index contributed by atoms with van der Waals surface area (Å²) in [6.45, 7) is 8.94. The molecule has 0 radical (unpaired) electrons. The summed E-state index contributed by atoms with van der Waals surface area (Å²) in [5.41, 5.74) is 0. The minimum atomic E-state index is 0.590. The summed E-state index contributed by atoms with van der Waals surface area (Å²) in [6.07, 6.45) is 2.39. The molecule has 1 aromatic heterocycles. The maximum absolute atomic E-state index is 3.70. The second-order valence-electron chi connectivity index (χ2n) is 5.69. The van der Waals surface area contributed by atoms with Gasteiger partial charge in [0.15, 0.2) is 0 Å². The summed E-state index contributed by atoms with van der Waals surface area (Å²) in [5, 5.41) is 3.70. The lowest BCUT2D eigenvalue weighted by molar-refractivity contribution is 0.305. The molecule has 0 aliphatic carbocycles. The SMILES string of the molecule is CCc1ccc(CNC(CC(C)C)CN(C)C)s1. The summed E-state index contributed by atoms with van der Waals surface area (Å²) in [7, 11) is 4.30. The van der Waals surface area contributed by atoms with Gasteiger partial charge in [-0.3, -0.25) is 0 Å². The molecule has 2 nitrogen and oxygen atoms in total. The Kier molecular flexibility index (Phi) is 6.90. The van der Waals surface area contributed by atoms with Crippen molar-refractivity contribution in [2.45, 2.75) is 46.2 Å². The fourth-order valence-electron chi connectivity index (χ4n) is 2.18. The van der Waals surface area contributed by atoms with Crippen LogP contribution in [0.2, 0.25) is 0 Å². The van der Waals surface area contributed by atoms with Crippen molar-refractivity contribution in [3.05, 3.63) is 21.9 Å². The van der Waals surface area contributed by atoms with Crippen molar-refractivity contribution >= 4 is 11.3 Å². The molecule has 0 saturated heterocycles. The average Bonchev–Trinajstić information content (AvgIpc) is 2.72. The molecule has 1 rings (SSSR count). The van der Waals surface area contributed by atoms with E-state index < -0.39 is 0 Å². The van der Waals surface area contributed by atoms with E-state index in [1.807, 2.05) is 11.3 Å². The van der Waals surface area contributed by atoms with Crippen molar-refractivity contribution in [3.63, 3.8) is 0 Å². The molecule has 0 bridgehead atoms. The normalized spacial score (nSPS) is 13.5. The van der Waals surface area contributed by atoms with Gasteiger partial charge in [-0.25, -0.2) is 0 Å². The van der Waals surface area contributed by atoms with Crippen LogP contribution in [-0.4, -0.2) is 31.6 Å². The Labute approximate surface area is 116 Å². The molecule has 1 N–H and O–H groups in total. The predicted octanol–water partition coefficient (Wildman–Crippen LogP) is 3.38. The van der Waals surface area contributed by atoms with Crippen molar-refractivity contribution in [1.82, 2.24) is 10.2 Å². The van der Waals surface area contributed by atoms with Gasteiger partial charge in [0.25, 0.3) is 0 Å². The van der Waals surface area contributed by atoms with Gasteiger partial charge in [-0.15, -0.1) is 11.3 Å². The molecule has 0 fully saturated rings. The van der Waals surface area contributed by atoms with E-state index in [0.29, 0.717) is 6.04 Å². The highest BCUT2D eigenvalue weighted by atomic mass is 32.1. The zero-order valence-corrected chi connectivity index (χ0v) is 13.3. The van der Waals surface area contributed by atoms with E-state index >= 15 is 0 Å². The van der Waals surface area contributed by atoms with E-state index in [9.17, 15) is 0 Å². The first kappa shape index (κ1) is 15.7. The fourth-order valence-corrected chi connectivity index (χ4v) is 3.09. The number of thiophene rings is 1. The first-order valence-corrected chi connectivity index (χ1v) is 7.78. The zero-order chi connectivity index (χ0) is 13.5. The third kappa shape index (κ3) is 5.98. The Balaban J connectivity index is 2.44. The van der Waals surface area contributed by atoms with Crippen LogP contribution in [0.15, 0.2) is 12.1 Å². The summed E-state index contributed by atoms with van der Waals surface area (Å²) < 4.78 is 0. The highest BCUT2D eigenvalue weighted by molar-refractivity contribution is 7.11. The van der Waals surface area contributed by atoms with Gasteiger partial charge < -0.3 is 10.2 Å². The third-order valence-electron chi connectivity index (χ3n) is 2.97. The largest absolute Gasteiger partial charge is 0.308 e. The molecular weight excluding hydrogens is 240 g/mol. The van der Waals surface area contributed by atoms with Crippen molar-refractivity contribution in [2.75, 3.05) is 20.6 Å². The highest BCUT2D eigenvalue weighted by Crippen LogP contribution is 2.17. The predicted molar refractivity (Wildman–Crippen MR) is 82.3 cm³/mol. The van der Waals surface area contributed by atoms with Crippen LogP contribution in [0.3, 0.4) is 0 Å². The second kappa shape index (κ2) is 7.93. The standard InChI is InChI=1S/C15H28N2S/c1-6-14-7-8-15(18-14)10-16-13(9-12(2)3)11-17(4)5/h7-8,12-13,16H,6,9-11H2,1-5H3. The van der Waals surface area contributed by atoms with Crippen LogP contribution in [0.5, 0.6) is 0 Å². The summed E-state index contributed by atoms with van der Waals surface area (Å²) in [4.78, 5) is 5.21. The minimum absolute atomic E-state index is 0.590. The lowest BCUT2D eigenvalue weighted by Crippen LogP contribution is -2.38. The molecule has 1 atom stereocenters. The van der Waals surface area contributed by atoms with Crippen molar-refractivity contribution in [1.29, 1.82) is 0 Å². The quantitative estimate of drug-likeness (QED) is 0.777. The Morgan fingerprint density at radius 3 is 2.39 bits per heavy atom. The van der Waals surface area contributed by atoms with E-state index in [4.69, 9.17) is 0 Å². The number of rotatable bonds is 8. The third-order valence-corrected chi connectivity index (χ3v) is 4.20. The zero-order valence-electron chi connectivity index (χ0n) is 12.5. The van der Waals surface area contributed by atoms with Crippen molar-refractivity contribution in [2.24, 2.45) is 5.92 Å². The van der Waals surface area contributed by atoms with Gasteiger partial charge in [0, 0.05) is 28.9 Å². The Hall–Kier alpha value is -0.380. The highest BCUT2D eigenvalue weighted by Gasteiger charge is 2.11. The Morgan fingerprint density at radius 1 is 1.22 bits per heavy atom. The molecular formula is C15H28N2S. The molecule has 0 amide bonds. The second-order valence-corrected chi connectivity index (χ2v) is 6.94. The molecule has 1 aromatic rings. The molecule has 1 unspecified atom stereocenters. The molecule has 0 aliphatic heterocycles. The van der Waals surface area contributed by atoms with Crippen LogP contribution in [0.25, 0.3) is 0 Å². The number of hydrogen-bond donors (Lipinski definition) is 1. The Morgan fingerprint density at radius 2 is 1.89 bits per heavy atom. The van der Waals surface area contributed by atoms with E-state index in [1.165, 1.54) is 16.2 Å². The average molecular weight is 268 g/mol. The molecule has 0 aliphatic rings. The van der Waals surface area contributed by atoms with Crippen LogP contribution in [0.1, 0.15) is 36.9 Å². The number of aryl methyl sites for hydroxylation is 1. The number of nitrogens with one attached hydrogen (secondary N) is 1. The molecule has 1 heterocycles. The fraction of sp³-hybridized carbons (Fsp3) is 0.733. The molecule has 0 saturated carbocycles. The maximum atomic E-state index is 3.70. The summed E-state index contributed by atoms with van der Waals surface area (Å²) in [6, 6.07) is 5.11. The lowest BCUT2D eigenvalue weighted by Gasteiger charge is -2.23. The van der Waals surface area contributed by atoms with Crippen LogP contribution < -0.4 is 5.32 Å². The van der Waals surface area contributed by atoms with Crippen LogP contribution in [0, 0.1) is 5.92 Å². The van der Waals surface area contributed by atoms with Crippen molar-refractivity contribution in [3.8, 4) is 0 Å². The lowest BCUT2D eigenvalue weighted by atomic mass is 10.0. The van der Waals surface area contributed by atoms with Gasteiger partial charge >= 0.3 is 0 Å². The first-order chi connectivity index (χ1) is 8.51. The van der Waals surface area contributed by atoms with E-state index in [1.54, 1.807) is 0 Å². The van der Waals surface area contributed by atoms with Crippen LogP contribution in [-0.2, 0) is 13.0 Å². The molecule has 18 heavy (non-hydrogen) atoms. The molecule has 3 heteroatoms.